The van der Waals surface area contributed by atoms with Crippen molar-refractivity contribution >= 4 is 6.03 Å². The van der Waals surface area contributed by atoms with Crippen LogP contribution in [0.25, 0.3) is 0 Å². The van der Waals surface area contributed by atoms with E-state index in [2.05, 4.69) is 34.3 Å². The number of ether oxygens (including phenoxy) is 1. The zero-order valence-electron chi connectivity index (χ0n) is 15.6. The summed E-state index contributed by atoms with van der Waals surface area (Å²) in [6.07, 6.45) is 6.68. The van der Waals surface area contributed by atoms with Crippen LogP contribution in [0.5, 0.6) is 0 Å². The highest BCUT2D eigenvalue weighted by Gasteiger charge is 2.54. The SMILES string of the molecule is CCOC1CC(NC(=O)N2CCC(c3ncn[nH]3)CC2)C1(CC)CC. The first-order chi connectivity index (χ1) is 12.1. The van der Waals surface area contributed by atoms with E-state index in [4.69, 9.17) is 4.74 Å². The van der Waals surface area contributed by atoms with Crippen molar-refractivity contribution in [3.05, 3.63) is 12.2 Å². The van der Waals surface area contributed by atoms with Gasteiger partial charge >= 0.3 is 6.03 Å². The third kappa shape index (κ3) is 3.38. The van der Waals surface area contributed by atoms with E-state index >= 15 is 0 Å². The van der Waals surface area contributed by atoms with Crippen molar-refractivity contribution < 1.29 is 9.53 Å². The standard InChI is InChI=1S/C18H31N5O2/c1-4-18(5-2)14(11-15(18)25-6-3)21-17(24)23-9-7-13(8-10-23)16-19-12-20-22-16/h12-15H,4-11H2,1-3H3,(H,21,24)(H,19,20,22). The van der Waals surface area contributed by atoms with Gasteiger partial charge in [-0.3, -0.25) is 5.10 Å². The summed E-state index contributed by atoms with van der Waals surface area (Å²) in [4.78, 5) is 18.9. The van der Waals surface area contributed by atoms with Gasteiger partial charge in [0.15, 0.2) is 0 Å². The smallest absolute Gasteiger partial charge is 0.317 e. The molecule has 1 aliphatic carbocycles. The Morgan fingerprint density at radius 2 is 2.08 bits per heavy atom. The van der Waals surface area contributed by atoms with Gasteiger partial charge < -0.3 is 15.0 Å². The van der Waals surface area contributed by atoms with Gasteiger partial charge in [0.05, 0.1) is 6.10 Å². The minimum atomic E-state index is 0.0715. The van der Waals surface area contributed by atoms with E-state index in [1.165, 1.54) is 0 Å². The Hall–Kier alpha value is -1.63. The molecule has 1 aliphatic heterocycles. The molecule has 1 saturated carbocycles. The van der Waals surface area contributed by atoms with Crippen LogP contribution in [0.3, 0.4) is 0 Å². The normalized spacial score (nSPS) is 26.3. The van der Waals surface area contributed by atoms with Crippen molar-refractivity contribution in [2.75, 3.05) is 19.7 Å². The fourth-order valence-electron chi connectivity index (χ4n) is 4.59. The number of aromatic nitrogens is 3. The average molecular weight is 349 g/mol. The maximum Gasteiger partial charge on any atom is 0.317 e. The van der Waals surface area contributed by atoms with E-state index in [1.807, 2.05) is 11.8 Å². The topological polar surface area (TPSA) is 83.1 Å². The number of carbonyl (C=O) groups excluding carboxylic acids is 1. The van der Waals surface area contributed by atoms with Gasteiger partial charge in [-0.15, -0.1) is 0 Å². The molecule has 1 aromatic heterocycles. The molecule has 140 valence electrons. The zero-order valence-corrected chi connectivity index (χ0v) is 15.6. The summed E-state index contributed by atoms with van der Waals surface area (Å²) in [5, 5.41) is 10.2. The Morgan fingerprint density at radius 3 is 2.64 bits per heavy atom. The highest BCUT2D eigenvalue weighted by molar-refractivity contribution is 5.75. The first kappa shape index (κ1) is 18.2. The molecular formula is C18H31N5O2. The Morgan fingerprint density at radius 1 is 1.36 bits per heavy atom. The number of hydrogen-bond donors (Lipinski definition) is 2. The predicted molar refractivity (Wildman–Crippen MR) is 95.3 cm³/mol. The van der Waals surface area contributed by atoms with Crippen LogP contribution in [0.1, 0.15) is 64.6 Å². The number of carbonyl (C=O) groups is 1. The summed E-state index contributed by atoms with van der Waals surface area (Å²) in [7, 11) is 0. The molecule has 25 heavy (non-hydrogen) atoms. The summed E-state index contributed by atoms with van der Waals surface area (Å²) in [5.74, 6) is 1.32. The lowest BCUT2D eigenvalue weighted by molar-refractivity contribution is -0.134. The van der Waals surface area contributed by atoms with Crippen LogP contribution < -0.4 is 5.32 Å². The van der Waals surface area contributed by atoms with Gasteiger partial charge in [0, 0.05) is 37.1 Å². The summed E-state index contributed by atoms with van der Waals surface area (Å²) >= 11 is 0. The molecule has 2 unspecified atom stereocenters. The second-order valence-electron chi connectivity index (χ2n) is 7.25. The molecule has 2 heterocycles. The number of urea groups is 1. The van der Waals surface area contributed by atoms with Crippen LogP contribution in [-0.4, -0.2) is 58.0 Å². The van der Waals surface area contributed by atoms with Gasteiger partial charge in [0.2, 0.25) is 0 Å². The van der Waals surface area contributed by atoms with Gasteiger partial charge in [-0.05, 0) is 39.0 Å². The first-order valence-electron chi connectivity index (χ1n) is 9.66. The van der Waals surface area contributed by atoms with Crippen molar-refractivity contribution in [2.24, 2.45) is 5.41 Å². The van der Waals surface area contributed by atoms with Crippen LogP contribution in [0, 0.1) is 5.41 Å². The Balaban J connectivity index is 1.53. The van der Waals surface area contributed by atoms with Crippen molar-refractivity contribution in [2.45, 2.75) is 70.9 Å². The molecule has 0 spiro atoms. The van der Waals surface area contributed by atoms with E-state index in [0.29, 0.717) is 5.92 Å². The third-order valence-corrected chi connectivity index (χ3v) is 6.37. The summed E-state index contributed by atoms with van der Waals surface area (Å²) < 4.78 is 5.91. The van der Waals surface area contributed by atoms with E-state index < -0.39 is 0 Å². The fraction of sp³-hybridized carbons (Fsp3) is 0.833. The molecule has 1 aromatic rings. The number of likely N-dealkylation sites (tertiary alicyclic amines) is 1. The van der Waals surface area contributed by atoms with Crippen LogP contribution in [0.15, 0.2) is 6.33 Å². The lowest BCUT2D eigenvalue weighted by atomic mass is 9.58. The Kier molecular flexibility index (Phi) is 5.61. The summed E-state index contributed by atoms with van der Waals surface area (Å²) in [6, 6.07) is 0.292. The van der Waals surface area contributed by atoms with Crippen LogP contribution >= 0.6 is 0 Å². The lowest BCUT2D eigenvalue weighted by Crippen LogP contribution is -2.65. The highest BCUT2D eigenvalue weighted by Crippen LogP contribution is 2.49. The summed E-state index contributed by atoms with van der Waals surface area (Å²) in [5.41, 5.74) is 0.0871. The van der Waals surface area contributed by atoms with E-state index in [0.717, 1.165) is 57.6 Å². The number of aromatic amines is 1. The van der Waals surface area contributed by atoms with Crippen molar-refractivity contribution in [1.82, 2.24) is 25.4 Å². The maximum atomic E-state index is 12.7. The lowest BCUT2D eigenvalue weighted by Gasteiger charge is -2.55. The number of piperidine rings is 1. The van der Waals surface area contributed by atoms with Crippen LogP contribution in [-0.2, 0) is 4.74 Å². The highest BCUT2D eigenvalue weighted by atomic mass is 16.5. The molecular weight excluding hydrogens is 318 g/mol. The molecule has 7 heteroatoms. The molecule has 0 bridgehead atoms. The van der Waals surface area contributed by atoms with Crippen molar-refractivity contribution in [3.8, 4) is 0 Å². The number of H-pyrrole nitrogens is 1. The summed E-state index contributed by atoms with van der Waals surface area (Å²) in [6.45, 7) is 8.73. The Labute approximate surface area is 149 Å². The molecule has 2 atom stereocenters. The monoisotopic (exact) mass is 349 g/mol. The van der Waals surface area contributed by atoms with Gasteiger partial charge in [0.1, 0.15) is 12.2 Å². The van der Waals surface area contributed by atoms with E-state index in [9.17, 15) is 4.79 Å². The molecule has 2 aliphatic rings. The van der Waals surface area contributed by atoms with Crippen LogP contribution in [0.2, 0.25) is 0 Å². The third-order valence-electron chi connectivity index (χ3n) is 6.37. The molecule has 0 radical (unpaired) electrons. The fourth-order valence-corrected chi connectivity index (χ4v) is 4.59. The number of rotatable bonds is 6. The molecule has 1 saturated heterocycles. The number of amides is 2. The van der Waals surface area contributed by atoms with Crippen LogP contribution in [0.4, 0.5) is 4.79 Å². The van der Waals surface area contributed by atoms with Gasteiger partial charge in [-0.1, -0.05) is 13.8 Å². The first-order valence-corrected chi connectivity index (χ1v) is 9.66. The number of hydrogen-bond acceptors (Lipinski definition) is 4. The van der Waals surface area contributed by atoms with Gasteiger partial charge in [-0.25, -0.2) is 9.78 Å². The maximum absolute atomic E-state index is 12.7. The molecule has 2 amide bonds. The number of nitrogens with zero attached hydrogens (tertiary/aromatic N) is 3. The Bertz CT molecular complexity index is 550. The zero-order chi connectivity index (χ0) is 17.9. The largest absolute Gasteiger partial charge is 0.378 e. The van der Waals surface area contributed by atoms with Gasteiger partial charge in [-0.2, -0.15) is 5.10 Å². The van der Waals surface area contributed by atoms with Crippen molar-refractivity contribution in [1.29, 1.82) is 0 Å². The van der Waals surface area contributed by atoms with E-state index in [1.54, 1.807) is 6.33 Å². The molecule has 3 rings (SSSR count). The second-order valence-corrected chi connectivity index (χ2v) is 7.25. The minimum Gasteiger partial charge on any atom is -0.378 e. The van der Waals surface area contributed by atoms with Crippen molar-refractivity contribution in [3.63, 3.8) is 0 Å². The van der Waals surface area contributed by atoms with Gasteiger partial charge in [0.25, 0.3) is 0 Å². The predicted octanol–water partition coefficient (Wildman–Crippen LogP) is 2.68. The number of nitrogens with one attached hydrogen (secondary N) is 2. The minimum absolute atomic E-state index is 0.0715. The molecule has 2 N–H and O–H groups in total. The quantitative estimate of drug-likeness (QED) is 0.827. The molecule has 0 aromatic carbocycles. The van der Waals surface area contributed by atoms with E-state index in [-0.39, 0.29) is 23.6 Å². The average Bonchev–Trinajstić information content (AvgIpc) is 3.16. The molecule has 7 nitrogen and oxygen atoms in total. The molecule has 2 fully saturated rings. The second kappa shape index (κ2) is 7.72.